The molecular formula is C28H33BrN4O4. The minimum Gasteiger partial charge on any atom is -0.390 e. The number of hydrogen-bond donors (Lipinski definition) is 2. The number of anilines is 1. The van der Waals surface area contributed by atoms with Crippen LogP contribution in [0.15, 0.2) is 53.1 Å². The molecule has 1 spiro atoms. The molecule has 196 valence electrons. The van der Waals surface area contributed by atoms with Gasteiger partial charge in [0.25, 0.3) is 5.91 Å². The van der Waals surface area contributed by atoms with E-state index in [0.29, 0.717) is 18.7 Å². The molecule has 9 heteroatoms. The van der Waals surface area contributed by atoms with Crippen LogP contribution in [-0.2, 0) is 21.7 Å². The van der Waals surface area contributed by atoms with Crippen LogP contribution in [0.1, 0.15) is 55.7 Å². The minimum absolute atomic E-state index is 0.118. The summed E-state index contributed by atoms with van der Waals surface area (Å²) in [7, 11) is 1.77. The quantitative estimate of drug-likeness (QED) is 0.464. The van der Waals surface area contributed by atoms with Gasteiger partial charge in [0.2, 0.25) is 0 Å². The summed E-state index contributed by atoms with van der Waals surface area (Å²) in [6.07, 6.45) is 0.985. The van der Waals surface area contributed by atoms with Crippen molar-refractivity contribution in [3.05, 3.63) is 75.5 Å². The van der Waals surface area contributed by atoms with Crippen LogP contribution < -0.4 is 4.90 Å². The molecule has 2 aromatic carbocycles. The number of likely N-dealkylation sites (N-methyl/N-ethyl adjacent to an activating group) is 1. The number of hydrogen-bond acceptors (Lipinski definition) is 6. The molecule has 5 rings (SSSR count). The van der Waals surface area contributed by atoms with Crippen LogP contribution in [0.2, 0.25) is 0 Å². The smallest absolute Gasteiger partial charge is 0.264 e. The fourth-order valence-corrected chi connectivity index (χ4v) is 7.13. The van der Waals surface area contributed by atoms with Crippen LogP contribution in [0.5, 0.6) is 0 Å². The van der Waals surface area contributed by atoms with Crippen LogP contribution >= 0.6 is 15.9 Å². The molecule has 1 aromatic heterocycles. The van der Waals surface area contributed by atoms with Crippen molar-refractivity contribution >= 4 is 27.5 Å². The number of carbonyl (C=O) groups excluding carboxylic acids is 1. The lowest BCUT2D eigenvalue weighted by molar-refractivity contribution is -0.145. The normalized spacial score (nSPS) is 26.2. The summed E-state index contributed by atoms with van der Waals surface area (Å²) < 4.78 is 9.27. The summed E-state index contributed by atoms with van der Waals surface area (Å²) in [6, 6.07) is 13.3. The number of aliphatic hydroxyl groups is 2. The van der Waals surface area contributed by atoms with Crippen molar-refractivity contribution in [2.24, 2.45) is 11.8 Å². The molecule has 1 fully saturated rings. The van der Waals surface area contributed by atoms with E-state index in [9.17, 15) is 15.0 Å². The predicted molar refractivity (Wildman–Crippen MR) is 143 cm³/mol. The number of aliphatic hydroxyl groups excluding tert-OH is 1. The fourth-order valence-electron chi connectivity index (χ4n) is 6.29. The van der Waals surface area contributed by atoms with E-state index in [1.807, 2.05) is 56.3 Å². The third-order valence-electron chi connectivity index (χ3n) is 7.89. The average Bonchev–Trinajstić information content (AvgIpc) is 3.49. The van der Waals surface area contributed by atoms with E-state index in [0.717, 1.165) is 26.9 Å². The van der Waals surface area contributed by atoms with Crippen LogP contribution in [0.3, 0.4) is 0 Å². The Labute approximate surface area is 225 Å². The molecular weight excluding hydrogens is 536 g/mol. The van der Waals surface area contributed by atoms with Gasteiger partial charge in [0.15, 0.2) is 5.60 Å². The summed E-state index contributed by atoms with van der Waals surface area (Å²) >= 11 is 3.64. The van der Waals surface area contributed by atoms with Gasteiger partial charge in [0.1, 0.15) is 11.8 Å². The van der Waals surface area contributed by atoms with Gasteiger partial charge in [-0.25, -0.2) is 0 Å². The van der Waals surface area contributed by atoms with Crippen molar-refractivity contribution in [3.63, 3.8) is 0 Å². The van der Waals surface area contributed by atoms with E-state index >= 15 is 0 Å². The van der Waals surface area contributed by atoms with Crippen molar-refractivity contribution in [1.29, 1.82) is 0 Å². The van der Waals surface area contributed by atoms with E-state index in [1.165, 1.54) is 0 Å². The van der Waals surface area contributed by atoms with Crippen LogP contribution in [0, 0.1) is 18.8 Å². The molecule has 8 nitrogen and oxygen atoms in total. The SMILES string of the molecule is Cc1cc(Br)c2c(c1)[C@]1(O[C@@H](CCn3cc([C@H](O)c4ccccc4)nn3)[C@H](C(C)(C)O)[C@H]1C)C(=O)N2C. The molecule has 2 aliphatic rings. The zero-order valence-electron chi connectivity index (χ0n) is 21.7. The Kier molecular flexibility index (Phi) is 6.55. The van der Waals surface area contributed by atoms with Gasteiger partial charge in [0.05, 0.1) is 23.6 Å². The number of carbonyl (C=O) groups is 1. The standard InChI is InChI=1S/C28H33BrN4O4/c1-16-13-19-24(20(29)14-16)32(5)26(35)28(19)17(2)23(27(3,4)36)22(37-28)11-12-33-15-21(30-31-33)25(34)18-9-7-6-8-10-18/h6-10,13-15,17,22-23,25,34,36H,11-12H2,1-5H3/t17-,22+,23-,25-,28+/m1/s1. The average molecular weight is 570 g/mol. The lowest BCUT2D eigenvalue weighted by Gasteiger charge is -2.34. The first kappa shape index (κ1) is 26.0. The Balaban J connectivity index is 1.43. The predicted octanol–water partition coefficient (Wildman–Crippen LogP) is 4.11. The zero-order valence-corrected chi connectivity index (χ0v) is 23.3. The van der Waals surface area contributed by atoms with Gasteiger partial charge in [-0.1, -0.05) is 48.5 Å². The lowest BCUT2D eigenvalue weighted by Crippen LogP contribution is -2.45. The van der Waals surface area contributed by atoms with Crippen LogP contribution in [0.4, 0.5) is 5.69 Å². The molecule has 5 atom stereocenters. The highest BCUT2D eigenvalue weighted by atomic mass is 79.9. The summed E-state index contributed by atoms with van der Waals surface area (Å²) in [5.41, 5.74) is 1.63. The van der Waals surface area contributed by atoms with Gasteiger partial charge in [-0.3, -0.25) is 9.48 Å². The highest BCUT2D eigenvalue weighted by molar-refractivity contribution is 9.10. The highest BCUT2D eigenvalue weighted by Gasteiger charge is 2.65. The second-order valence-electron chi connectivity index (χ2n) is 10.9. The second-order valence-corrected chi connectivity index (χ2v) is 11.7. The number of halogens is 1. The molecule has 3 heterocycles. The second kappa shape index (κ2) is 9.31. The lowest BCUT2D eigenvalue weighted by atomic mass is 9.70. The van der Waals surface area contributed by atoms with E-state index in [1.54, 1.807) is 36.7 Å². The molecule has 0 saturated carbocycles. The Bertz CT molecular complexity index is 1320. The summed E-state index contributed by atoms with van der Waals surface area (Å²) in [6.45, 7) is 8.03. The van der Waals surface area contributed by atoms with Gasteiger partial charge in [0, 0.05) is 35.5 Å². The van der Waals surface area contributed by atoms with Crippen molar-refractivity contribution < 1.29 is 19.7 Å². The number of nitrogens with zero attached hydrogens (tertiary/aromatic N) is 4. The number of aryl methyl sites for hydroxylation is 2. The third-order valence-corrected chi connectivity index (χ3v) is 8.50. The van der Waals surface area contributed by atoms with E-state index in [2.05, 4.69) is 26.2 Å². The van der Waals surface area contributed by atoms with Crippen molar-refractivity contribution in [2.45, 2.75) is 64.1 Å². The maximum atomic E-state index is 13.8. The molecule has 1 amide bonds. The van der Waals surface area contributed by atoms with Crippen molar-refractivity contribution in [3.8, 4) is 0 Å². The summed E-state index contributed by atoms with van der Waals surface area (Å²) in [5.74, 6) is -0.686. The molecule has 2 aliphatic heterocycles. The first-order valence-electron chi connectivity index (χ1n) is 12.6. The Morgan fingerprint density at radius 3 is 2.62 bits per heavy atom. The molecule has 0 radical (unpaired) electrons. The summed E-state index contributed by atoms with van der Waals surface area (Å²) in [4.78, 5) is 15.5. The third kappa shape index (κ3) is 4.22. The van der Waals surface area contributed by atoms with Crippen LogP contribution in [-0.4, -0.2) is 49.9 Å². The monoisotopic (exact) mass is 568 g/mol. The number of aromatic nitrogens is 3. The first-order chi connectivity index (χ1) is 17.4. The number of ether oxygens (including phenoxy) is 1. The van der Waals surface area contributed by atoms with Crippen molar-refractivity contribution in [1.82, 2.24) is 15.0 Å². The molecule has 37 heavy (non-hydrogen) atoms. The minimum atomic E-state index is -1.18. The van der Waals surface area contributed by atoms with Gasteiger partial charge in [-0.05, 0) is 60.3 Å². The largest absolute Gasteiger partial charge is 0.390 e. The van der Waals surface area contributed by atoms with E-state index < -0.39 is 23.4 Å². The number of fused-ring (bicyclic) bond motifs is 2. The molecule has 1 saturated heterocycles. The van der Waals surface area contributed by atoms with Gasteiger partial charge >= 0.3 is 0 Å². The van der Waals surface area contributed by atoms with Gasteiger partial charge < -0.3 is 19.8 Å². The maximum absolute atomic E-state index is 13.8. The number of rotatable bonds is 6. The Morgan fingerprint density at radius 2 is 1.95 bits per heavy atom. The fraction of sp³-hybridized carbons (Fsp3) is 0.464. The van der Waals surface area contributed by atoms with Crippen molar-refractivity contribution in [2.75, 3.05) is 11.9 Å². The Hall–Kier alpha value is -2.59. The maximum Gasteiger partial charge on any atom is 0.264 e. The van der Waals surface area contributed by atoms with E-state index in [-0.39, 0.29) is 17.7 Å². The van der Waals surface area contributed by atoms with E-state index in [4.69, 9.17) is 4.74 Å². The Morgan fingerprint density at radius 1 is 1.24 bits per heavy atom. The molecule has 0 bridgehead atoms. The molecule has 0 unspecified atom stereocenters. The zero-order chi connectivity index (χ0) is 26.7. The molecule has 0 aliphatic carbocycles. The van der Waals surface area contributed by atoms with Crippen LogP contribution in [0.25, 0.3) is 0 Å². The number of benzene rings is 2. The first-order valence-corrected chi connectivity index (χ1v) is 13.4. The molecule has 3 aromatic rings. The van der Waals surface area contributed by atoms with Gasteiger partial charge in [-0.15, -0.1) is 5.10 Å². The topological polar surface area (TPSA) is 101 Å². The highest BCUT2D eigenvalue weighted by Crippen LogP contribution is 2.58. The molecule has 2 N–H and O–H groups in total. The number of amides is 1. The summed E-state index contributed by atoms with van der Waals surface area (Å²) in [5, 5.41) is 30.3. The van der Waals surface area contributed by atoms with Gasteiger partial charge in [-0.2, -0.15) is 0 Å².